The van der Waals surface area contributed by atoms with Crippen LogP contribution in [-0.2, 0) is 4.79 Å². The molecule has 2 amide bonds. The van der Waals surface area contributed by atoms with Crippen LogP contribution in [0.2, 0.25) is 0 Å². The number of piperidine rings is 1. The lowest BCUT2D eigenvalue weighted by atomic mass is 9.98. The number of carbonyl (C=O) groups is 2. The van der Waals surface area contributed by atoms with Crippen molar-refractivity contribution in [3.05, 3.63) is 60.0 Å². The molecule has 0 spiro atoms. The normalized spacial score (nSPS) is 16.8. The molecule has 1 saturated heterocycles. The summed E-state index contributed by atoms with van der Waals surface area (Å²) in [5, 5.41) is 3.73. The molecule has 1 aliphatic rings. The van der Waals surface area contributed by atoms with Gasteiger partial charge in [-0.25, -0.2) is 9.37 Å². The van der Waals surface area contributed by atoms with Crippen LogP contribution in [0, 0.1) is 11.7 Å². The highest BCUT2D eigenvalue weighted by atomic mass is 32.2. The van der Waals surface area contributed by atoms with Crippen LogP contribution < -0.4 is 5.32 Å². The zero-order chi connectivity index (χ0) is 19.1. The summed E-state index contributed by atoms with van der Waals surface area (Å²) in [4.78, 5) is 30.7. The largest absolute Gasteiger partial charge is 0.352 e. The van der Waals surface area contributed by atoms with Crippen molar-refractivity contribution in [2.45, 2.75) is 17.9 Å². The lowest BCUT2D eigenvalue weighted by Gasteiger charge is -2.32. The molecule has 5 nitrogen and oxygen atoms in total. The molecule has 0 saturated carbocycles. The number of carbonyl (C=O) groups excluding carboxylic acids is 2. The minimum atomic E-state index is -0.364. The average Bonchev–Trinajstić information content (AvgIpc) is 2.71. The van der Waals surface area contributed by atoms with Crippen molar-refractivity contribution in [1.29, 1.82) is 0 Å². The molecule has 1 unspecified atom stereocenters. The lowest BCUT2D eigenvalue weighted by molar-refractivity contribution is -0.130. The second kappa shape index (κ2) is 9.50. The second-order valence-corrected chi connectivity index (χ2v) is 7.52. The molecule has 0 bridgehead atoms. The number of halogens is 1. The molecule has 1 aromatic carbocycles. The summed E-state index contributed by atoms with van der Waals surface area (Å²) in [6, 6.07) is 11.1. The third-order valence-corrected chi connectivity index (χ3v) is 5.44. The Morgan fingerprint density at radius 2 is 2.04 bits per heavy atom. The average molecular weight is 387 g/mol. The lowest BCUT2D eigenvalue weighted by Crippen LogP contribution is -2.44. The summed E-state index contributed by atoms with van der Waals surface area (Å²) < 4.78 is 12.9. The molecule has 1 aliphatic heterocycles. The van der Waals surface area contributed by atoms with E-state index in [4.69, 9.17) is 0 Å². The fraction of sp³-hybridized carbons (Fsp3) is 0.350. The number of hydrogen-bond acceptors (Lipinski definition) is 4. The number of pyridine rings is 1. The number of thioether (sulfide) groups is 1. The van der Waals surface area contributed by atoms with Gasteiger partial charge in [0, 0.05) is 31.4 Å². The fourth-order valence-corrected chi connectivity index (χ4v) is 3.82. The molecule has 2 aromatic rings. The minimum absolute atomic E-state index is 0.0974. The first-order valence-electron chi connectivity index (χ1n) is 8.97. The van der Waals surface area contributed by atoms with E-state index < -0.39 is 0 Å². The van der Waals surface area contributed by atoms with Crippen molar-refractivity contribution in [2.24, 2.45) is 5.92 Å². The molecule has 0 aliphatic carbocycles. The number of likely N-dealkylation sites (tertiary alicyclic amines) is 1. The summed E-state index contributed by atoms with van der Waals surface area (Å²) in [5.41, 5.74) is 0.437. The van der Waals surface area contributed by atoms with E-state index in [1.807, 2.05) is 23.1 Å². The number of rotatable bonds is 6. The third-order valence-electron chi connectivity index (χ3n) is 4.51. The molecule has 27 heavy (non-hydrogen) atoms. The van der Waals surface area contributed by atoms with Gasteiger partial charge in [-0.2, -0.15) is 0 Å². The highest BCUT2D eigenvalue weighted by molar-refractivity contribution is 7.99. The van der Waals surface area contributed by atoms with E-state index in [9.17, 15) is 14.0 Å². The highest BCUT2D eigenvalue weighted by Gasteiger charge is 2.24. The van der Waals surface area contributed by atoms with Crippen molar-refractivity contribution in [3.63, 3.8) is 0 Å². The van der Waals surface area contributed by atoms with Crippen LogP contribution in [0.5, 0.6) is 0 Å². The van der Waals surface area contributed by atoms with Gasteiger partial charge >= 0.3 is 0 Å². The zero-order valence-corrected chi connectivity index (χ0v) is 15.8. The third kappa shape index (κ3) is 5.79. The van der Waals surface area contributed by atoms with Crippen molar-refractivity contribution in [1.82, 2.24) is 15.2 Å². The molecule has 1 atom stereocenters. The molecule has 0 radical (unpaired) electrons. The van der Waals surface area contributed by atoms with Gasteiger partial charge in [0.15, 0.2) is 0 Å². The van der Waals surface area contributed by atoms with Crippen LogP contribution in [-0.4, -0.2) is 47.1 Å². The van der Waals surface area contributed by atoms with Gasteiger partial charge in [-0.3, -0.25) is 9.59 Å². The second-order valence-electron chi connectivity index (χ2n) is 6.52. The molecule has 1 N–H and O–H groups in total. The van der Waals surface area contributed by atoms with E-state index in [2.05, 4.69) is 10.3 Å². The van der Waals surface area contributed by atoms with E-state index in [-0.39, 0.29) is 23.5 Å². The van der Waals surface area contributed by atoms with Gasteiger partial charge in [0.25, 0.3) is 5.91 Å². The maximum atomic E-state index is 12.9. The Kier molecular flexibility index (Phi) is 6.81. The van der Waals surface area contributed by atoms with E-state index in [0.717, 1.165) is 24.4 Å². The predicted molar refractivity (Wildman–Crippen MR) is 103 cm³/mol. The predicted octanol–water partition coefficient (Wildman–Crippen LogP) is 2.98. The summed E-state index contributed by atoms with van der Waals surface area (Å²) >= 11 is 1.44. The Balaban J connectivity index is 1.45. The van der Waals surface area contributed by atoms with Crippen molar-refractivity contribution < 1.29 is 14.0 Å². The Bertz CT molecular complexity index is 771. The first-order valence-corrected chi connectivity index (χ1v) is 9.96. The SMILES string of the molecule is O=C(NCC1CCCN(C(=O)CSc2ccccn2)C1)c1ccc(F)cc1. The van der Waals surface area contributed by atoms with Crippen LogP contribution in [0.4, 0.5) is 4.39 Å². The smallest absolute Gasteiger partial charge is 0.251 e. The summed E-state index contributed by atoms with van der Waals surface area (Å²) in [7, 11) is 0. The first-order chi connectivity index (χ1) is 13.1. The van der Waals surface area contributed by atoms with Crippen LogP contribution in [0.25, 0.3) is 0 Å². The van der Waals surface area contributed by atoms with Gasteiger partial charge in [-0.05, 0) is 55.2 Å². The Morgan fingerprint density at radius 3 is 2.78 bits per heavy atom. The quantitative estimate of drug-likeness (QED) is 0.774. The van der Waals surface area contributed by atoms with Crippen molar-refractivity contribution in [2.75, 3.05) is 25.4 Å². The van der Waals surface area contributed by atoms with E-state index in [1.165, 1.54) is 36.0 Å². The van der Waals surface area contributed by atoms with Gasteiger partial charge in [0.2, 0.25) is 5.91 Å². The Labute approximate surface area is 162 Å². The molecule has 3 rings (SSSR count). The number of hydrogen-bond donors (Lipinski definition) is 1. The molecule has 1 fully saturated rings. The number of amides is 2. The van der Waals surface area contributed by atoms with Crippen LogP contribution in [0.3, 0.4) is 0 Å². The van der Waals surface area contributed by atoms with Gasteiger partial charge in [-0.15, -0.1) is 0 Å². The number of nitrogens with one attached hydrogen (secondary N) is 1. The van der Waals surface area contributed by atoms with Crippen LogP contribution in [0.15, 0.2) is 53.7 Å². The number of nitrogens with zero attached hydrogens (tertiary/aromatic N) is 2. The van der Waals surface area contributed by atoms with E-state index >= 15 is 0 Å². The van der Waals surface area contributed by atoms with Crippen LogP contribution in [0.1, 0.15) is 23.2 Å². The Hall–Kier alpha value is -2.41. The summed E-state index contributed by atoms with van der Waals surface area (Å²) in [5.74, 6) is 0.110. The zero-order valence-electron chi connectivity index (χ0n) is 14.9. The molecule has 142 valence electrons. The molecule has 7 heteroatoms. The first kappa shape index (κ1) is 19.4. The number of aromatic nitrogens is 1. The minimum Gasteiger partial charge on any atom is -0.352 e. The van der Waals surface area contributed by atoms with Gasteiger partial charge < -0.3 is 10.2 Å². The molecule has 2 heterocycles. The number of benzene rings is 1. The maximum Gasteiger partial charge on any atom is 0.251 e. The molecular weight excluding hydrogens is 365 g/mol. The van der Waals surface area contributed by atoms with Crippen molar-refractivity contribution in [3.8, 4) is 0 Å². The fourth-order valence-electron chi connectivity index (χ4n) is 3.06. The van der Waals surface area contributed by atoms with E-state index in [0.29, 0.717) is 24.4 Å². The standard InChI is InChI=1S/C20H22FN3O2S/c21-17-8-6-16(7-9-17)20(26)23-12-15-4-3-11-24(13-15)19(25)14-27-18-5-1-2-10-22-18/h1-2,5-10,15H,3-4,11-14H2,(H,23,26). The topological polar surface area (TPSA) is 62.3 Å². The van der Waals surface area contributed by atoms with Gasteiger partial charge in [0.1, 0.15) is 5.82 Å². The summed E-state index contributed by atoms with van der Waals surface area (Å²) in [6.45, 7) is 1.91. The maximum absolute atomic E-state index is 12.9. The molecular formula is C20H22FN3O2S. The van der Waals surface area contributed by atoms with Gasteiger partial charge in [-0.1, -0.05) is 17.8 Å². The van der Waals surface area contributed by atoms with Gasteiger partial charge in [0.05, 0.1) is 10.8 Å². The Morgan fingerprint density at radius 1 is 1.22 bits per heavy atom. The molecule has 1 aromatic heterocycles. The van der Waals surface area contributed by atoms with Crippen molar-refractivity contribution >= 4 is 23.6 Å². The van der Waals surface area contributed by atoms with E-state index in [1.54, 1.807) is 6.20 Å². The monoisotopic (exact) mass is 387 g/mol. The highest BCUT2D eigenvalue weighted by Crippen LogP contribution is 2.19. The van der Waals surface area contributed by atoms with Crippen LogP contribution >= 0.6 is 11.8 Å². The summed E-state index contributed by atoms with van der Waals surface area (Å²) in [6.07, 6.45) is 3.62.